The fourth-order valence-electron chi connectivity index (χ4n) is 1.73. The molecule has 6 nitrogen and oxygen atoms in total. The molecule has 0 fully saturated rings. The van der Waals surface area contributed by atoms with Gasteiger partial charge in [-0.3, -0.25) is 4.79 Å². The molecule has 0 aliphatic rings. The van der Waals surface area contributed by atoms with E-state index in [0.29, 0.717) is 12.8 Å². The van der Waals surface area contributed by atoms with E-state index in [1.54, 1.807) is 0 Å². The number of nitrogens with zero attached hydrogens (tertiary/aromatic N) is 1. The van der Waals surface area contributed by atoms with Crippen LogP contribution in [0.4, 0.5) is 4.39 Å². The highest BCUT2D eigenvalue weighted by atomic mass is 32.2. The number of carbonyl (C=O) groups is 1. The van der Waals surface area contributed by atoms with Crippen LogP contribution in [0.25, 0.3) is 0 Å². The number of halogens is 1. The van der Waals surface area contributed by atoms with Crippen LogP contribution in [-0.4, -0.2) is 31.0 Å². The Bertz CT molecular complexity index is 602. The molecule has 0 bridgehead atoms. The maximum Gasteiger partial charge on any atom is 0.303 e. The first-order valence-electron chi connectivity index (χ1n) is 6.46. The van der Waals surface area contributed by atoms with Crippen LogP contribution in [0, 0.1) is 11.2 Å². The number of hydrogen-bond donors (Lipinski definition) is 2. The van der Waals surface area contributed by atoms with Crippen LogP contribution in [0.2, 0.25) is 0 Å². The standard InChI is InChI=1S/C13H19FN2O4S/c1-13(2,6-5-11(17)18)7-9-16-21(19,20)12-10(14)4-3-8-15-12/h3-4,8,16H,5-7,9H2,1-2H3,(H,17,18). The summed E-state index contributed by atoms with van der Waals surface area (Å²) in [5.74, 6) is -1.80. The zero-order valence-electron chi connectivity index (χ0n) is 12.0. The lowest BCUT2D eigenvalue weighted by molar-refractivity contribution is -0.137. The zero-order chi connectivity index (χ0) is 16.1. The van der Waals surface area contributed by atoms with Gasteiger partial charge in [-0.2, -0.15) is 0 Å². The maximum absolute atomic E-state index is 13.4. The van der Waals surface area contributed by atoms with Gasteiger partial charge in [0, 0.05) is 19.2 Å². The average molecular weight is 318 g/mol. The van der Waals surface area contributed by atoms with Crippen molar-refractivity contribution in [3.63, 3.8) is 0 Å². The lowest BCUT2D eigenvalue weighted by atomic mass is 9.84. The predicted molar refractivity (Wildman–Crippen MR) is 74.7 cm³/mol. The third-order valence-corrected chi connectivity index (χ3v) is 4.48. The molecule has 0 atom stereocenters. The second-order valence-corrected chi connectivity index (χ2v) is 7.18. The fourth-order valence-corrected chi connectivity index (χ4v) is 2.76. The van der Waals surface area contributed by atoms with Crippen molar-refractivity contribution in [2.75, 3.05) is 6.54 Å². The van der Waals surface area contributed by atoms with Gasteiger partial charge in [0.1, 0.15) is 0 Å². The molecule has 0 unspecified atom stereocenters. The van der Waals surface area contributed by atoms with Gasteiger partial charge in [0.15, 0.2) is 5.82 Å². The van der Waals surface area contributed by atoms with Gasteiger partial charge in [-0.05, 0) is 30.4 Å². The maximum atomic E-state index is 13.4. The number of rotatable bonds is 8. The number of pyridine rings is 1. The van der Waals surface area contributed by atoms with Gasteiger partial charge in [0.2, 0.25) is 5.03 Å². The van der Waals surface area contributed by atoms with E-state index in [-0.39, 0.29) is 18.4 Å². The van der Waals surface area contributed by atoms with Crippen molar-refractivity contribution < 1.29 is 22.7 Å². The number of sulfonamides is 1. The van der Waals surface area contributed by atoms with Crippen molar-refractivity contribution in [2.45, 2.75) is 38.1 Å². The molecule has 1 rings (SSSR count). The van der Waals surface area contributed by atoms with Crippen LogP contribution in [0.3, 0.4) is 0 Å². The summed E-state index contributed by atoms with van der Waals surface area (Å²) in [6.45, 7) is 3.79. The number of hydrogen-bond acceptors (Lipinski definition) is 4. The first kappa shape index (κ1) is 17.5. The summed E-state index contributed by atoms with van der Waals surface area (Å²) in [7, 11) is -4.00. The third-order valence-electron chi connectivity index (χ3n) is 3.09. The summed E-state index contributed by atoms with van der Waals surface area (Å²) in [4.78, 5) is 14.1. The fraction of sp³-hybridized carbons (Fsp3) is 0.538. The molecule has 0 aliphatic heterocycles. The molecule has 0 aliphatic carbocycles. The van der Waals surface area contributed by atoms with Crippen LogP contribution >= 0.6 is 0 Å². The highest BCUT2D eigenvalue weighted by Crippen LogP contribution is 2.26. The monoisotopic (exact) mass is 318 g/mol. The number of carboxylic acids is 1. The summed E-state index contributed by atoms with van der Waals surface area (Å²) < 4.78 is 39.5. The quantitative estimate of drug-likeness (QED) is 0.761. The first-order chi connectivity index (χ1) is 9.64. The van der Waals surface area contributed by atoms with Crippen molar-refractivity contribution in [1.82, 2.24) is 9.71 Å². The molecule has 0 saturated carbocycles. The SMILES string of the molecule is CC(C)(CCNS(=O)(=O)c1ncccc1F)CCC(=O)O. The highest BCUT2D eigenvalue weighted by Gasteiger charge is 2.23. The predicted octanol–water partition coefficient (Wildman–Crippen LogP) is 1.78. The number of nitrogens with one attached hydrogen (secondary N) is 1. The van der Waals surface area contributed by atoms with E-state index >= 15 is 0 Å². The molecule has 1 heterocycles. The Morgan fingerprint density at radius 2 is 2.10 bits per heavy atom. The van der Waals surface area contributed by atoms with E-state index < -0.39 is 26.8 Å². The Morgan fingerprint density at radius 1 is 1.43 bits per heavy atom. The van der Waals surface area contributed by atoms with Crippen molar-refractivity contribution in [2.24, 2.45) is 5.41 Å². The van der Waals surface area contributed by atoms with Crippen molar-refractivity contribution in [3.05, 3.63) is 24.1 Å². The molecular weight excluding hydrogens is 299 g/mol. The summed E-state index contributed by atoms with van der Waals surface area (Å²) in [6, 6.07) is 2.34. The molecule has 0 radical (unpaired) electrons. The van der Waals surface area contributed by atoms with E-state index in [0.717, 1.165) is 6.07 Å². The Hall–Kier alpha value is -1.54. The zero-order valence-corrected chi connectivity index (χ0v) is 12.8. The summed E-state index contributed by atoms with van der Waals surface area (Å²) in [5, 5.41) is 8.02. The smallest absolute Gasteiger partial charge is 0.303 e. The van der Waals surface area contributed by atoms with Crippen molar-refractivity contribution in [1.29, 1.82) is 0 Å². The van der Waals surface area contributed by atoms with Crippen molar-refractivity contribution >= 4 is 16.0 Å². The minimum atomic E-state index is -4.00. The Balaban J connectivity index is 2.59. The van der Waals surface area contributed by atoms with E-state index in [1.807, 2.05) is 13.8 Å². The van der Waals surface area contributed by atoms with Crippen LogP contribution in [0.5, 0.6) is 0 Å². The number of carboxylic acid groups (broad SMARTS) is 1. The molecule has 0 amide bonds. The first-order valence-corrected chi connectivity index (χ1v) is 7.94. The molecular formula is C13H19FN2O4S. The third kappa shape index (κ3) is 5.76. The second kappa shape index (κ2) is 6.95. The van der Waals surface area contributed by atoms with Gasteiger partial charge >= 0.3 is 5.97 Å². The van der Waals surface area contributed by atoms with E-state index in [4.69, 9.17) is 5.11 Å². The van der Waals surface area contributed by atoms with Crippen LogP contribution in [0.15, 0.2) is 23.4 Å². The second-order valence-electron chi connectivity index (χ2n) is 5.50. The van der Waals surface area contributed by atoms with Crippen LogP contribution < -0.4 is 4.72 Å². The highest BCUT2D eigenvalue weighted by molar-refractivity contribution is 7.89. The molecule has 1 aromatic rings. The minimum Gasteiger partial charge on any atom is -0.481 e. The summed E-state index contributed by atoms with van der Waals surface area (Å²) in [6.07, 6.45) is 2.10. The van der Waals surface area contributed by atoms with Gasteiger partial charge in [0.05, 0.1) is 0 Å². The normalized spacial score (nSPS) is 12.3. The minimum absolute atomic E-state index is 0.0224. The Labute approximate surface area is 123 Å². The molecule has 0 spiro atoms. The van der Waals surface area contributed by atoms with Gasteiger partial charge in [0.25, 0.3) is 10.0 Å². The Morgan fingerprint density at radius 3 is 2.67 bits per heavy atom. The topological polar surface area (TPSA) is 96.4 Å². The molecule has 0 aromatic carbocycles. The van der Waals surface area contributed by atoms with Gasteiger partial charge < -0.3 is 5.11 Å². The van der Waals surface area contributed by atoms with Gasteiger partial charge in [-0.1, -0.05) is 13.8 Å². The molecule has 0 saturated heterocycles. The molecule has 2 N–H and O–H groups in total. The summed E-state index contributed by atoms with van der Waals surface area (Å²) >= 11 is 0. The largest absolute Gasteiger partial charge is 0.481 e. The van der Waals surface area contributed by atoms with E-state index in [9.17, 15) is 17.6 Å². The number of aliphatic carboxylic acids is 1. The van der Waals surface area contributed by atoms with E-state index in [2.05, 4.69) is 9.71 Å². The van der Waals surface area contributed by atoms with Crippen molar-refractivity contribution in [3.8, 4) is 0 Å². The molecule has 21 heavy (non-hydrogen) atoms. The van der Waals surface area contributed by atoms with Gasteiger partial charge in [-0.15, -0.1) is 0 Å². The van der Waals surface area contributed by atoms with Gasteiger partial charge in [-0.25, -0.2) is 22.5 Å². The lowest BCUT2D eigenvalue weighted by Gasteiger charge is -2.23. The average Bonchev–Trinajstić information content (AvgIpc) is 2.36. The van der Waals surface area contributed by atoms with Crippen LogP contribution in [-0.2, 0) is 14.8 Å². The van der Waals surface area contributed by atoms with Crippen LogP contribution in [0.1, 0.15) is 33.1 Å². The molecule has 118 valence electrons. The Kier molecular flexibility index (Phi) is 5.79. The number of aromatic nitrogens is 1. The van der Waals surface area contributed by atoms with E-state index in [1.165, 1.54) is 12.3 Å². The molecule has 1 aromatic heterocycles. The lowest BCUT2D eigenvalue weighted by Crippen LogP contribution is -2.29. The molecule has 8 heteroatoms. The summed E-state index contributed by atoms with van der Waals surface area (Å²) in [5.41, 5.74) is -0.330.